The lowest BCUT2D eigenvalue weighted by molar-refractivity contribution is 0.623. The summed E-state index contributed by atoms with van der Waals surface area (Å²) in [6.07, 6.45) is 6.84. The van der Waals surface area contributed by atoms with E-state index < -0.39 is 0 Å². The average Bonchev–Trinajstić information content (AvgIpc) is 2.59. The lowest BCUT2D eigenvalue weighted by Gasteiger charge is -2.01. The second-order valence-electron chi connectivity index (χ2n) is 3.82. The lowest BCUT2D eigenvalue weighted by atomic mass is 10.1. The maximum Gasteiger partial charge on any atom is 0.0998 e. The Morgan fingerprint density at radius 1 is 1.53 bits per heavy atom. The summed E-state index contributed by atoms with van der Waals surface area (Å²) in [5.41, 5.74) is 6.72. The van der Waals surface area contributed by atoms with Gasteiger partial charge >= 0.3 is 0 Å². The highest BCUT2D eigenvalue weighted by Crippen LogP contribution is 2.21. The van der Waals surface area contributed by atoms with Crippen molar-refractivity contribution < 1.29 is 0 Å². The van der Waals surface area contributed by atoms with E-state index in [0.29, 0.717) is 6.04 Å². The molecule has 0 aliphatic carbocycles. The molecule has 0 aliphatic rings. The Morgan fingerprint density at radius 3 is 3.13 bits per heavy atom. The number of pyridine rings is 1. The van der Waals surface area contributed by atoms with Crippen LogP contribution in [0.2, 0.25) is 0 Å². The minimum Gasteiger partial charge on any atom is -0.328 e. The number of hydrogen-bond donors (Lipinski definition) is 1. The monoisotopic (exact) mass is 221 g/mol. The van der Waals surface area contributed by atoms with Gasteiger partial charge in [-0.25, -0.2) is 4.98 Å². The zero-order valence-electron chi connectivity index (χ0n) is 8.81. The van der Waals surface area contributed by atoms with Crippen LogP contribution in [0.1, 0.15) is 24.8 Å². The molecule has 2 N–H and O–H groups in total. The van der Waals surface area contributed by atoms with Crippen molar-refractivity contribution in [1.82, 2.24) is 9.97 Å². The van der Waals surface area contributed by atoms with E-state index in [1.54, 1.807) is 11.3 Å². The number of aromatic nitrogens is 2. The number of rotatable bonds is 4. The Kier molecular flexibility index (Phi) is 3.28. The number of aryl methyl sites for hydroxylation is 1. The first-order chi connectivity index (χ1) is 7.25. The minimum atomic E-state index is 0.293. The number of nitrogens with two attached hydrogens (primary N) is 1. The third-order valence-corrected chi connectivity index (χ3v) is 3.38. The Hall–Kier alpha value is -1.00. The topological polar surface area (TPSA) is 51.8 Å². The fourth-order valence-corrected chi connectivity index (χ4v) is 2.49. The van der Waals surface area contributed by atoms with E-state index >= 15 is 0 Å². The molecular weight excluding hydrogens is 206 g/mol. The lowest BCUT2D eigenvalue weighted by Crippen LogP contribution is -2.14. The molecular formula is C11H15N3S. The van der Waals surface area contributed by atoms with Crippen LogP contribution in [0.4, 0.5) is 0 Å². The standard InChI is InChI=1S/C11H15N3S/c1-8(12)3-2-4-11-14-9-7-13-6-5-10(9)15-11/h5-8H,2-4,12H2,1H3. The molecule has 2 heterocycles. The van der Waals surface area contributed by atoms with Crippen molar-refractivity contribution in [3.8, 4) is 0 Å². The summed E-state index contributed by atoms with van der Waals surface area (Å²) in [6, 6.07) is 2.31. The summed E-state index contributed by atoms with van der Waals surface area (Å²) >= 11 is 1.76. The number of nitrogens with zero attached hydrogens (tertiary/aromatic N) is 2. The first kappa shape index (κ1) is 10.5. The second kappa shape index (κ2) is 4.68. The van der Waals surface area contributed by atoms with Crippen LogP contribution in [0.3, 0.4) is 0 Å². The van der Waals surface area contributed by atoms with Crippen molar-refractivity contribution >= 4 is 21.6 Å². The van der Waals surface area contributed by atoms with Gasteiger partial charge in [0.25, 0.3) is 0 Å². The molecule has 0 spiro atoms. The maximum absolute atomic E-state index is 5.70. The summed E-state index contributed by atoms with van der Waals surface area (Å²) < 4.78 is 1.22. The molecule has 15 heavy (non-hydrogen) atoms. The van der Waals surface area contributed by atoms with Gasteiger partial charge in [-0.2, -0.15) is 0 Å². The van der Waals surface area contributed by atoms with Gasteiger partial charge in [0, 0.05) is 12.2 Å². The second-order valence-corrected chi connectivity index (χ2v) is 4.94. The fourth-order valence-electron chi connectivity index (χ4n) is 1.51. The normalized spacial score (nSPS) is 13.2. The van der Waals surface area contributed by atoms with Gasteiger partial charge in [0.05, 0.1) is 21.4 Å². The summed E-state index contributed by atoms with van der Waals surface area (Å²) in [6.45, 7) is 2.04. The minimum absolute atomic E-state index is 0.293. The van der Waals surface area contributed by atoms with Crippen molar-refractivity contribution in [2.24, 2.45) is 5.73 Å². The third kappa shape index (κ3) is 2.73. The van der Waals surface area contributed by atoms with Crippen molar-refractivity contribution in [3.63, 3.8) is 0 Å². The average molecular weight is 221 g/mol. The molecule has 2 rings (SSSR count). The largest absolute Gasteiger partial charge is 0.328 e. The van der Waals surface area contributed by atoms with Gasteiger partial charge in [-0.3, -0.25) is 4.98 Å². The Morgan fingerprint density at radius 2 is 2.40 bits per heavy atom. The molecule has 1 unspecified atom stereocenters. The van der Waals surface area contributed by atoms with Gasteiger partial charge in [0.15, 0.2) is 0 Å². The molecule has 4 heteroatoms. The van der Waals surface area contributed by atoms with E-state index in [9.17, 15) is 0 Å². The Labute approximate surface area is 93.4 Å². The molecule has 0 fully saturated rings. The first-order valence-corrected chi connectivity index (χ1v) is 6.02. The molecule has 1 atom stereocenters. The first-order valence-electron chi connectivity index (χ1n) is 5.21. The van der Waals surface area contributed by atoms with Gasteiger partial charge < -0.3 is 5.73 Å². The Balaban J connectivity index is 2.03. The molecule has 0 aliphatic heterocycles. The van der Waals surface area contributed by atoms with Gasteiger partial charge in [-0.15, -0.1) is 11.3 Å². The van der Waals surface area contributed by atoms with E-state index in [0.717, 1.165) is 24.8 Å². The number of fused-ring (bicyclic) bond motifs is 1. The molecule has 0 saturated carbocycles. The smallest absolute Gasteiger partial charge is 0.0998 e. The van der Waals surface area contributed by atoms with Crippen LogP contribution in [0.5, 0.6) is 0 Å². The van der Waals surface area contributed by atoms with E-state index in [-0.39, 0.29) is 0 Å². The van der Waals surface area contributed by atoms with Crippen molar-refractivity contribution in [3.05, 3.63) is 23.5 Å². The Bertz CT molecular complexity index is 403. The predicted octanol–water partition coefficient (Wildman–Crippen LogP) is 2.36. The highest BCUT2D eigenvalue weighted by molar-refractivity contribution is 7.18. The van der Waals surface area contributed by atoms with Crippen LogP contribution in [0.15, 0.2) is 18.5 Å². The van der Waals surface area contributed by atoms with E-state index in [2.05, 4.69) is 9.97 Å². The van der Waals surface area contributed by atoms with Crippen LogP contribution in [0.25, 0.3) is 10.2 Å². The highest BCUT2D eigenvalue weighted by Gasteiger charge is 2.03. The molecule has 2 aromatic heterocycles. The molecule has 0 saturated heterocycles. The quantitative estimate of drug-likeness (QED) is 0.862. The fraction of sp³-hybridized carbons (Fsp3) is 0.455. The van der Waals surface area contributed by atoms with E-state index in [4.69, 9.17) is 5.73 Å². The van der Waals surface area contributed by atoms with Gasteiger partial charge in [-0.1, -0.05) is 0 Å². The molecule has 0 radical (unpaired) electrons. The summed E-state index contributed by atoms with van der Waals surface area (Å²) in [5.74, 6) is 0. The number of thiazole rings is 1. The van der Waals surface area contributed by atoms with Crippen LogP contribution in [0, 0.1) is 0 Å². The summed E-state index contributed by atoms with van der Waals surface area (Å²) in [4.78, 5) is 8.58. The van der Waals surface area contributed by atoms with Gasteiger partial charge in [0.1, 0.15) is 0 Å². The number of hydrogen-bond acceptors (Lipinski definition) is 4. The highest BCUT2D eigenvalue weighted by atomic mass is 32.1. The van der Waals surface area contributed by atoms with Crippen molar-refractivity contribution in [1.29, 1.82) is 0 Å². The third-order valence-electron chi connectivity index (χ3n) is 2.28. The maximum atomic E-state index is 5.70. The molecule has 3 nitrogen and oxygen atoms in total. The van der Waals surface area contributed by atoms with Crippen LogP contribution < -0.4 is 5.73 Å². The summed E-state index contributed by atoms with van der Waals surface area (Å²) in [7, 11) is 0. The van der Waals surface area contributed by atoms with Crippen LogP contribution >= 0.6 is 11.3 Å². The van der Waals surface area contributed by atoms with Crippen LogP contribution in [-0.4, -0.2) is 16.0 Å². The van der Waals surface area contributed by atoms with Gasteiger partial charge in [0.2, 0.25) is 0 Å². The van der Waals surface area contributed by atoms with E-state index in [1.807, 2.05) is 25.4 Å². The van der Waals surface area contributed by atoms with E-state index in [1.165, 1.54) is 9.71 Å². The van der Waals surface area contributed by atoms with Crippen LogP contribution in [-0.2, 0) is 6.42 Å². The van der Waals surface area contributed by atoms with Crippen molar-refractivity contribution in [2.75, 3.05) is 0 Å². The van der Waals surface area contributed by atoms with Crippen molar-refractivity contribution in [2.45, 2.75) is 32.2 Å². The zero-order chi connectivity index (χ0) is 10.7. The molecule has 0 amide bonds. The molecule has 0 aromatic carbocycles. The molecule has 0 bridgehead atoms. The predicted molar refractivity (Wildman–Crippen MR) is 64.0 cm³/mol. The molecule has 80 valence electrons. The SMILES string of the molecule is CC(N)CCCc1nc2cnccc2s1. The van der Waals surface area contributed by atoms with Gasteiger partial charge in [-0.05, 0) is 32.3 Å². The molecule has 2 aromatic rings. The summed E-state index contributed by atoms with van der Waals surface area (Å²) in [5, 5.41) is 1.19. The zero-order valence-corrected chi connectivity index (χ0v) is 9.63.